The van der Waals surface area contributed by atoms with E-state index in [1.54, 1.807) is 23.1 Å². The largest absolute Gasteiger partial charge is 0.468 e. The van der Waals surface area contributed by atoms with Gasteiger partial charge in [-0.2, -0.15) is 0 Å². The van der Waals surface area contributed by atoms with Gasteiger partial charge in [0.2, 0.25) is 0 Å². The van der Waals surface area contributed by atoms with Crippen molar-refractivity contribution in [2.24, 2.45) is 0 Å². The number of ether oxygens (including phenoxy) is 1. The van der Waals surface area contributed by atoms with Crippen LogP contribution in [0.5, 0.6) is 0 Å². The van der Waals surface area contributed by atoms with Crippen LogP contribution in [0.2, 0.25) is 10.0 Å². The van der Waals surface area contributed by atoms with E-state index in [1.807, 2.05) is 4.90 Å². The van der Waals surface area contributed by atoms with E-state index < -0.39 is 0 Å². The molecule has 21 heavy (non-hydrogen) atoms. The highest BCUT2D eigenvalue weighted by Crippen LogP contribution is 2.22. The van der Waals surface area contributed by atoms with Crippen molar-refractivity contribution in [3.63, 3.8) is 0 Å². The maximum absolute atomic E-state index is 12.4. The zero-order valence-electron chi connectivity index (χ0n) is 11.6. The summed E-state index contributed by atoms with van der Waals surface area (Å²) in [5.74, 6) is -0.384. The fourth-order valence-corrected chi connectivity index (χ4v) is 2.68. The molecule has 1 fully saturated rings. The molecule has 0 saturated carbocycles. The van der Waals surface area contributed by atoms with E-state index in [2.05, 4.69) is 4.74 Å². The minimum absolute atomic E-state index is 0.116. The fourth-order valence-electron chi connectivity index (χ4n) is 2.19. The number of rotatable bonds is 3. The van der Waals surface area contributed by atoms with Gasteiger partial charge in [0.1, 0.15) is 0 Å². The third-order valence-corrected chi connectivity index (χ3v) is 3.95. The van der Waals surface area contributed by atoms with Crippen LogP contribution >= 0.6 is 23.2 Å². The lowest BCUT2D eigenvalue weighted by atomic mass is 10.2. The number of nitrogens with zero attached hydrogens (tertiary/aromatic N) is 2. The summed E-state index contributed by atoms with van der Waals surface area (Å²) < 4.78 is 4.63. The van der Waals surface area contributed by atoms with Gasteiger partial charge >= 0.3 is 5.97 Å². The molecule has 5 nitrogen and oxygen atoms in total. The molecule has 1 aromatic carbocycles. The van der Waals surface area contributed by atoms with E-state index in [9.17, 15) is 9.59 Å². The van der Waals surface area contributed by atoms with Crippen LogP contribution in [0.15, 0.2) is 18.2 Å². The summed E-state index contributed by atoms with van der Waals surface area (Å²) in [6.07, 6.45) is 0. The molecule has 0 N–H and O–H groups in total. The van der Waals surface area contributed by atoms with E-state index in [0.717, 1.165) is 0 Å². The highest BCUT2D eigenvalue weighted by molar-refractivity contribution is 6.36. The van der Waals surface area contributed by atoms with E-state index in [4.69, 9.17) is 23.2 Å². The van der Waals surface area contributed by atoms with Gasteiger partial charge in [-0.05, 0) is 18.2 Å². The van der Waals surface area contributed by atoms with Crippen molar-refractivity contribution in [3.8, 4) is 0 Å². The first-order chi connectivity index (χ1) is 10.0. The average molecular weight is 331 g/mol. The van der Waals surface area contributed by atoms with Crippen molar-refractivity contribution < 1.29 is 14.3 Å². The minimum Gasteiger partial charge on any atom is -0.468 e. The van der Waals surface area contributed by atoms with Gasteiger partial charge in [-0.3, -0.25) is 14.5 Å². The first kappa shape index (κ1) is 16.1. The Morgan fingerprint density at radius 1 is 1.19 bits per heavy atom. The summed E-state index contributed by atoms with van der Waals surface area (Å²) in [5, 5.41) is 0.851. The van der Waals surface area contributed by atoms with Gasteiger partial charge in [-0.1, -0.05) is 23.2 Å². The van der Waals surface area contributed by atoms with Gasteiger partial charge in [0, 0.05) is 31.2 Å². The second-order valence-corrected chi connectivity index (χ2v) is 5.61. The summed E-state index contributed by atoms with van der Waals surface area (Å²) in [5.41, 5.74) is 0.447. The maximum atomic E-state index is 12.4. The number of carbonyl (C=O) groups is 2. The summed E-state index contributed by atoms with van der Waals surface area (Å²) in [4.78, 5) is 27.3. The van der Waals surface area contributed by atoms with Crippen molar-refractivity contribution in [1.29, 1.82) is 0 Å². The molecule has 2 rings (SSSR count). The molecule has 0 aliphatic carbocycles. The van der Waals surface area contributed by atoms with E-state index >= 15 is 0 Å². The van der Waals surface area contributed by atoms with E-state index in [0.29, 0.717) is 41.8 Å². The molecule has 0 atom stereocenters. The van der Waals surface area contributed by atoms with Crippen LogP contribution in [0, 0.1) is 0 Å². The molecule has 114 valence electrons. The van der Waals surface area contributed by atoms with Crippen LogP contribution in [-0.2, 0) is 9.53 Å². The van der Waals surface area contributed by atoms with Gasteiger partial charge in [0.15, 0.2) is 0 Å². The second-order valence-electron chi connectivity index (χ2n) is 4.77. The lowest BCUT2D eigenvalue weighted by Crippen LogP contribution is -2.50. The number of carbonyl (C=O) groups excluding carboxylic acids is 2. The molecular formula is C14H16Cl2N2O3. The number of hydrogen-bond donors (Lipinski definition) is 0. The third-order valence-electron chi connectivity index (χ3n) is 3.40. The Morgan fingerprint density at radius 3 is 2.43 bits per heavy atom. The third kappa shape index (κ3) is 4.09. The number of hydrogen-bond acceptors (Lipinski definition) is 4. The number of methoxy groups -OCH3 is 1. The number of halogens is 2. The molecule has 7 heteroatoms. The van der Waals surface area contributed by atoms with Crippen LogP contribution < -0.4 is 0 Å². The molecule has 1 saturated heterocycles. The van der Waals surface area contributed by atoms with E-state index in [-0.39, 0.29) is 18.4 Å². The summed E-state index contributed by atoms with van der Waals surface area (Å²) >= 11 is 11.9. The van der Waals surface area contributed by atoms with Gasteiger partial charge in [0.05, 0.1) is 24.2 Å². The van der Waals surface area contributed by atoms with Gasteiger partial charge in [-0.25, -0.2) is 0 Å². The average Bonchev–Trinajstić information content (AvgIpc) is 2.47. The molecule has 1 amide bonds. The quantitative estimate of drug-likeness (QED) is 0.794. The Morgan fingerprint density at radius 2 is 1.86 bits per heavy atom. The van der Waals surface area contributed by atoms with Crippen molar-refractivity contribution in [1.82, 2.24) is 9.80 Å². The monoisotopic (exact) mass is 330 g/mol. The predicted molar refractivity (Wildman–Crippen MR) is 80.8 cm³/mol. The first-order valence-corrected chi connectivity index (χ1v) is 7.30. The van der Waals surface area contributed by atoms with Gasteiger partial charge < -0.3 is 9.64 Å². The SMILES string of the molecule is COC(=O)CN1CCN(C(=O)c2ccc(Cl)cc2Cl)CC1. The highest BCUT2D eigenvalue weighted by atomic mass is 35.5. The van der Waals surface area contributed by atoms with Gasteiger partial charge in [0.25, 0.3) is 5.91 Å². The summed E-state index contributed by atoms with van der Waals surface area (Å²) in [6.45, 7) is 2.61. The molecule has 1 heterocycles. The molecule has 0 aromatic heterocycles. The molecule has 1 aromatic rings. The Labute approximate surface area is 133 Å². The standard InChI is InChI=1S/C14H16Cl2N2O3/c1-21-13(19)9-17-4-6-18(7-5-17)14(20)11-3-2-10(15)8-12(11)16/h2-3,8H,4-7,9H2,1H3. The molecule has 1 aliphatic heterocycles. The molecule has 1 aliphatic rings. The molecule has 0 radical (unpaired) electrons. The van der Waals surface area contributed by atoms with E-state index in [1.165, 1.54) is 7.11 Å². The van der Waals surface area contributed by atoms with Crippen LogP contribution in [-0.4, -0.2) is 61.5 Å². The topological polar surface area (TPSA) is 49.9 Å². The molecule has 0 unspecified atom stereocenters. The zero-order valence-corrected chi connectivity index (χ0v) is 13.2. The maximum Gasteiger partial charge on any atom is 0.319 e. The Kier molecular flexibility index (Phi) is 5.45. The number of piperazine rings is 1. The molecular weight excluding hydrogens is 315 g/mol. The summed E-state index contributed by atoms with van der Waals surface area (Å²) in [7, 11) is 1.37. The van der Waals surface area contributed by atoms with Crippen molar-refractivity contribution in [2.45, 2.75) is 0 Å². The number of esters is 1. The van der Waals surface area contributed by atoms with Crippen LogP contribution in [0.1, 0.15) is 10.4 Å². The molecule has 0 spiro atoms. The lowest BCUT2D eigenvalue weighted by Gasteiger charge is -2.34. The van der Waals surface area contributed by atoms with Crippen molar-refractivity contribution >= 4 is 35.1 Å². The lowest BCUT2D eigenvalue weighted by molar-refractivity contribution is -0.142. The van der Waals surface area contributed by atoms with Gasteiger partial charge in [-0.15, -0.1) is 0 Å². The smallest absolute Gasteiger partial charge is 0.319 e. The van der Waals surface area contributed by atoms with Crippen molar-refractivity contribution in [3.05, 3.63) is 33.8 Å². The molecule has 0 bridgehead atoms. The van der Waals surface area contributed by atoms with Crippen molar-refractivity contribution in [2.75, 3.05) is 39.8 Å². The normalized spacial score (nSPS) is 15.9. The number of benzene rings is 1. The Balaban J connectivity index is 1.95. The first-order valence-electron chi connectivity index (χ1n) is 6.54. The zero-order chi connectivity index (χ0) is 15.4. The number of amides is 1. The summed E-state index contributed by atoms with van der Waals surface area (Å²) in [6, 6.07) is 4.84. The van der Waals surface area contributed by atoms with Crippen LogP contribution in [0.3, 0.4) is 0 Å². The second kappa shape index (κ2) is 7.11. The highest BCUT2D eigenvalue weighted by Gasteiger charge is 2.24. The Bertz CT molecular complexity index is 543. The van der Waals surface area contributed by atoms with Crippen LogP contribution in [0.4, 0.5) is 0 Å². The predicted octanol–water partition coefficient (Wildman–Crippen LogP) is 1.92. The van der Waals surface area contributed by atoms with Crippen LogP contribution in [0.25, 0.3) is 0 Å². The fraction of sp³-hybridized carbons (Fsp3) is 0.429. The minimum atomic E-state index is -0.268. The Hall–Kier alpha value is -1.30.